The average Bonchev–Trinajstić information content (AvgIpc) is 3.13. The van der Waals surface area contributed by atoms with E-state index in [9.17, 15) is 13.2 Å². The van der Waals surface area contributed by atoms with Crippen molar-refractivity contribution in [2.45, 2.75) is 30.4 Å². The van der Waals surface area contributed by atoms with Crippen LogP contribution < -0.4 is 15.8 Å². The number of carbonyl (C=O) groups excluding carboxylic acids is 1. The van der Waals surface area contributed by atoms with E-state index in [0.717, 1.165) is 25.0 Å². The van der Waals surface area contributed by atoms with Crippen molar-refractivity contribution >= 4 is 45.9 Å². The maximum Gasteiger partial charge on any atom is 0.241 e. The molecule has 1 fully saturated rings. The maximum atomic E-state index is 11.8. The molecule has 1 aromatic rings. The molecule has 158 valence electrons. The lowest BCUT2D eigenvalue weighted by molar-refractivity contribution is -0.127. The number of nitrogens with two attached hydrogens (primary N) is 1. The van der Waals surface area contributed by atoms with Gasteiger partial charge in [-0.15, -0.1) is 24.0 Å². The molecule has 1 saturated heterocycles. The molecule has 1 unspecified atom stereocenters. The lowest BCUT2D eigenvalue weighted by Crippen LogP contribution is -2.45. The number of benzene rings is 1. The van der Waals surface area contributed by atoms with Gasteiger partial charge in [0.2, 0.25) is 15.9 Å². The van der Waals surface area contributed by atoms with Crippen molar-refractivity contribution in [2.75, 3.05) is 33.8 Å². The fourth-order valence-corrected chi connectivity index (χ4v) is 2.98. The zero-order chi connectivity index (χ0) is 19.9. The number of aliphatic imine (C=N–C) groups is 1. The highest BCUT2D eigenvalue weighted by molar-refractivity contribution is 14.0. The van der Waals surface area contributed by atoms with E-state index >= 15 is 0 Å². The number of amides is 1. The van der Waals surface area contributed by atoms with Crippen LogP contribution in [0.3, 0.4) is 0 Å². The van der Waals surface area contributed by atoms with Crippen molar-refractivity contribution in [1.82, 2.24) is 15.5 Å². The number of carbonyl (C=O) groups is 1. The predicted octanol–water partition coefficient (Wildman–Crippen LogP) is 0.254. The van der Waals surface area contributed by atoms with E-state index in [2.05, 4.69) is 15.6 Å². The minimum Gasteiger partial charge on any atom is -0.376 e. The van der Waals surface area contributed by atoms with Crippen LogP contribution >= 0.6 is 24.0 Å². The molecule has 28 heavy (non-hydrogen) atoms. The minimum atomic E-state index is -3.71. The van der Waals surface area contributed by atoms with Crippen LogP contribution in [0.2, 0.25) is 0 Å². The van der Waals surface area contributed by atoms with Crippen molar-refractivity contribution in [2.24, 2.45) is 10.1 Å². The van der Waals surface area contributed by atoms with E-state index < -0.39 is 10.0 Å². The summed E-state index contributed by atoms with van der Waals surface area (Å²) in [5, 5.41) is 11.3. The Bertz CT molecular complexity index is 762. The molecule has 0 saturated carbocycles. The maximum absolute atomic E-state index is 11.8. The number of sulfonamides is 1. The number of nitrogens with zero attached hydrogens (tertiary/aromatic N) is 2. The zero-order valence-electron chi connectivity index (χ0n) is 16.1. The van der Waals surface area contributed by atoms with Crippen molar-refractivity contribution in [3.63, 3.8) is 0 Å². The van der Waals surface area contributed by atoms with Gasteiger partial charge in [0.1, 0.15) is 0 Å². The summed E-state index contributed by atoms with van der Waals surface area (Å²) in [6.07, 6.45) is 2.17. The normalized spacial score (nSPS) is 17.0. The number of hydrogen-bond donors (Lipinski definition) is 3. The molecule has 1 aliphatic heterocycles. The van der Waals surface area contributed by atoms with Gasteiger partial charge >= 0.3 is 0 Å². The highest BCUT2D eigenvalue weighted by atomic mass is 127. The van der Waals surface area contributed by atoms with Crippen molar-refractivity contribution in [3.8, 4) is 0 Å². The van der Waals surface area contributed by atoms with Crippen molar-refractivity contribution in [1.29, 1.82) is 0 Å². The van der Waals surface area contributed by atoms with Crippen LogP contribution in [0.15, 0.2) is 34.2 Å². The van der Waals surface area contributed by atoms with Crippen LogP contribution in [0, 0.1) is 0 Å². The molecule has 4 N–H and O–H groups in total. The summed E-state index contributed by atoms with van der Waals surface area (Å²) in [5.41, 5.74) is 0.819. The SMILES string of the molecule is CN(C)C(=O)CNC(=NCc1ccc(S(N)(=O)=O)cc1)NCC1CCCO1.I. The molecule has 1 atom stereocenters. The molecule has 9 nitrogen and oxygen atoms in total. The zero-order valence-corrected chi connectivity index (χ0v) is 19.2. The summed E-state index contributed by atoms with van der Waals surface area (Å²) in [6.45, 7) is 1.81. The quantitative estimate of drug-likeness (QED) is 0.266. The van der Waals surface area contributed by atoms with Crippen molar-refractivity contribution in [3.05, 3.63) is 29.8 Å². The second kappa shape index (κ2) is 11.5. The Morgan fingerprint density at radius 1 is 1.29 bits per heavy atom. The first-order chi connectivity index (χ1) is 12.8. The average molecular weight is 525 g/mol. The number of halogens is 1. The molecular weight excluding hydrogens is 497 g/mol. The molecule has 0 aliphatic carbocycles. The number of rotatable bonds is 7. The Morgan fingerprint density at radius 2 is 1.96 bits per heavy atom. The second-order valence-corrected chi connectivity index (χ2v) is 8.07. The molecule has 1 heterocycles. The van der Waals surface area contributed by atoms with Crippen LogP contribution in [0.4, 0.5) is 0 Å². The van der Waals surface area contributed by atoms with Crippen LogP contribution in [0.1, 0.15) is 18.4 Å². The molecule has 2 rings (SSSR count). The van der Waals surface area contributed by atoms with Gasteiger partial charge in [-0.3, -0.25) is 4.79 Å². The van der Waals surface area contributed by atoms with Crippen LogP contribution in [0.5, 0.6) is 0 Å². The van der Waals surface area contributed by atoms with Gasteiger partial charge in [-0.2, -0.15) is 0 Å². The Labute approximate surface area is 183 Å². The van der Waals surface area contributed by atoms with E-state index in [-0.39, 0.29) is 47.4 Å². The van der Waals surface area contributed by atoms with Crippen LogP contribution in [0.25, 0.3) is 0 Å². The summed E-state index contributed by atoms with van der Waals surface area (Å²) < 4.78 is 28.2. The Balaban J connectivity index is 0.00000392. The third-order valence-electron chi connectivity index (χ3n) is 4.10. The third-order valence-corrected chi connectivity index (χ3v) is 5.03. The van der Waals surface area contributed by atoms with Gasteiger partial charge in [0.05, 0.1) is 24.1 Å². The number of nitrogens with one attached hydrogen (secondary N) is 2. The number of likely N-dealkylation sites (N-methyl/N-ethyl adjacent to an activating group) is 1. The third kappa shape index (κ3) is 8.29. The standard InChI is InChI=1S/C17H27N5O4S.HI/c1-22(2)16(23)12-21-17(20-11-14-4-3-9-26-14)19-10-13-5-7-15(8-6-13)27(18,24)25;/h5-8,14H,3-4,9-12H2,1-2H3,(H2,18,24,25)(H2,19,20,21);1H. The monoisotopic (exact) mass is 525 g/mol. The van der Waals surface area contributed by atoms with Gasteiger partial charge in [-0.05, 0) is 30.5 Å². The second-order valence-electron chi connectivity index (χ2n) is 6.51. The Morgan fingerprint density at radius 3 is 2.50 bits per heavy atom. The van der Waals surface area contributed by atoms with Crippen molar-refractivity contribution < 1.29 is 17.9 Å². The smallest absolute Gasteiger partial charge is 0.241 e. The summed E-state index contributed by atoms with van der Waals surface area (Å²) in [7, 11) is -0.335. The fourth-order valence-electron chi connectivity index (χ4n) is 2.46. The highest BCUT2D eigenvalue weighted by Gasteiger charge is 2.16. The van der Waals surface area contributed by atoms with Crippen LogP contribution in [-0.4, -0.2) is 65.1 Å². The van der Waals surface area contributed by atoms with Gasteiger partial charge < -0.3 is 20.3 Å². The largest absolute Gasteiger partial charge is 0.376 e. The van der Waals surface area contributed by atoms with E-state index in [1.54, 1.807) is 26.2 Å². The Hall–Kier alpha value is -1.44. The van der Waals surface area contributed by atoms with Gasteiger partial charge in [0.15, 0.2) is 5.96 Å². The number of ether oxygens (including phenoxy) is 1. The fraction of sp³-hybridized carbons (Fsp3) is 0.529. The summed E-state index contributed by atoms with van der Waals surface area (Å²) in [5.74, 6) is 0.426. The first-order valence-corrected chi connectivity index (χ1v) is 10.3. The molecular formula is C17H28IN5O4S. The molecule has 0 bridgehead atoms. The molecule has 0 spiro atoms. The number of hydrogen-bond acceptors (Lipinski definition) is 5. The van der Waals surface area contributed by atoms with Gasteiger partial charge in [0, 0.05) is 27.2 Å². The van der Waals surface area contributed by atoms with Crippen LogP contribution in [-0.2, 0) is 26.1 Å². The summed E-state index contributed by atoms with van der Waals surface area (Å²) in [4.78, 5) is 17.8. The lowest BCUT2D eigenvalue weighted by Gasteiger charge is -2.17. The molecule has 11 heteroatoms. The van der Waals surface area contributed by atoms with E-state index in [1.807, 2.05) is 0 Å². The molecule has 0 radical (unpaired) electrons. The first-order valence-electron chi connectivity index (χ1n) is 8.71. The molecule has 1 aliphatic rings. The van der Waals surface area contributed by atoms with Gasteiger partial charge in [-0.1, -0.05) is 12.1 Å². The molecule has 0 aromatic heterocycles. The number of primary sulfonamides is 1. The molecule has 1 amide bonds. The van der Waals surface area contributed by atoms with E-state index in [1.165, 1.54) is 17.0 Å². The highest BCUT2D eigenvalue weighted by Crippen LogP contribution is 2.11. The van der Waals surface area contributed by atoms with Gasteiger partial charge in [-0.25, -0.2) is 18.5 Å². The topological polar surface area (TPSA) is 126 Å². The summed E-state index contributed by atoms with van der Waals surface area (Å²) in [6, 6.07) is 6.21. The predicted molar refractivity (Wildman–Crippen MR) is 118 cm³/mol. The lowest BCUT2D eigenvalue weighted by atomic mass is 10.2. The summed E-state index contributed by atoms with van der Waals surface area (Å²) >= 11 is 0. The van der Waals surface area contributed by atoms with E-state index in [4.69, 9.17) is 9.88 Å². The molecule has 1 aromatic carbocycles. The van der Waals surface area contributed by atoms with E-state index in [0.29, 0.717) is 19.0 Å². The van der Waals surface area contributed by atoms with Gasteiger partial charge in [0.25, 0.3) is 0 Å². The Kier molecular flexibility index (Phi) is 10.1. The minimum absolute atomic E-state index is 0. The first kappa shape index (κ1) is 24.6. The number of guanidine groups is 1.